The van der Waals surface area contributed by atoms with E-state index in [1.165, 1.54) is 0 Å². The van der Waals surface area contributed by atoms with Crippen LogP contribution in [0, 0.1) is 11.5 Å². The Morgan fingerprint density at radius 1 is 1.75 bits per heavy atom. The van der Waals surface area contributed by atoms with Crippen molar-refractivity contribution >= 4 is 0 Å². The van der Waals surface area contributed by atoms with Crippen molar-refractivity contribution in [1.82, 2.24) is 5.32 Å². The van der Waals surface area contributed by atoms with Crippen molar-refractivity contribution in [2.24, 2.45) is 0 Å². The molecule has 8 heavy (non-hydrogen) atoms. The molecule has 44 valence electrons. The summed E-state index contributed by atoms with van der Waals surface area (Å²) in [6.07, 6.45) is 5.67. The lowest BCUT2D eigenvalue weighted by Gasteiger charge is -1.90. The molecule has 0 aromatic rings. The van der Waals surface area contributed by atoms with Crippen molar-refractivity contribution in [2.45, 2.75) is 12.8 Å². The third kappa shape index (κ3) is 5.03. The molecule has 0 saturated carbocycles. The van der Waals surface area contributed by atoms with Crippen LogP contribution in [0.1, 0.15) is 12.8 Å². The maximum Gasteiger partial charge on any atom is 0.176 e. The van der Waals surface area contributed by atoms with Gasteiger partial charge in [-0.2, -0.15) is 5.26 Å². The molecule has 0 aliphatic carbocycles. The summed E-state index contributed by atoms with van der Waals surface area (Å²) in [6, 6.07) is 0. The first-order valence-electron chi connectivity index (χ1n) is 2.64. The normalized spacial score (nSPS) is 7.38. The van der Waals surface area contributed by atoms with E-state index in [9.17, 15) is 0 Å². The number of nitriles is 1. The third-order valence-corrected chi connectivity index (χ3v) is 0.789. The van der Waals surface area contributed by atoms with Crippen molar-refractivity contribution in [2.75, 3.05) is 6.54 Å². The average molecular weight is 110 g/mol. The number of nitrogens with zero attached hydrogens (tertiary/aromatic N) is 1. The van der Waals surface area contributed by atoms with E-state index in [4.69, 9.17) is 5.26 Å². The van der Waals surface area contributed by atoms with Gasteiger partial charge in [0.15, 0.2) is 6.19 Å². The molecule has 2 heteroatoms. The molecule has 1 N–H and O–H groups in total. The van der Waals surface area contributed by atoms with Gasteiger partial charge in [-0.15, -0.1) is 6.58 Å². The molecular weight excluding hydrogens is 100 g/mol. The maximum absolute atomic E-state index is 7.98. The number of allylic oxidation sites excluding steroid dienone is 1. The van der Waals surface area contributed by atoms with Crippen molar-refractivity contribution in [3.63, 3.8) is 0 Å². The highest BCUT2D eigenvalue weighted by atomic mass is 14.8. The Morgan fingerprint density at radius 3 is 3.00 bits per heavy atom. The fraction of sp³-hybridized carbons (Fsp3) is 0.500. The smallest absolute Gasteiger partial charge is 0.176 e. The molecule has 0 aromatic carbocycles. The first-order chi connectivity index (χ1) is 3.91. The highest BCUT2D eigenvalue weighted by Crippen LogP contribution is 1.84. The molecule has 0 heterocycles. The van der Waals surface area contributed by atoms with Gasteiger partial charge in [0.05, 0.1) is 0 Å². The minimum Gasteiger partial charge on any atom is -0.324 e. The van der Waals surface area contributed by atoms with Crippen LogP contribution in [0.5, 0.6) is 0 Å². The van der Waals surface area contributed by atoms with Crippen LogP contribution < -0.4 is 5.32 Å². The molecule has 0 rings (SSSR count). The lowest BCUT2D eigenvalue weighted by atomic mass is 10.3. The van der Waals surface area contributed by atoms with E-state index in [-0.39, 0.29) is 0 Å². The van der Waals surface area contributed by atoms with Gasteiger partial charge in [-0.3, -0.25) is 0 Å². The molecule has 0 bridgehead atoms. The summed E-state index contributed by atoms with van der Waals surface area (Å²) in [4.78, 5) is 0. The van der Waals surface area contributed by atoms with Crippen molar-refractivity contribution in [3.05, 3.63) is 12.7 Å². The summed E-state index contributed by atoms with van der Waals surface area (Å²) in [5.74, 6) is 0. The number of unbranched alkanes of at least 4 members (excludes halogenated alkanes) is 1. The second kappa shape index (κ2) is 6.03. The van der Waals surface area contributed by atoms with Crippen LogP contribution in [0.2, 0.25) is 0 Å². The fourth-order valence-electron chi connectivity index (χ4n) is 0.391. The highest BCUT2D eigenvalue weighted by molar-refractivity contribution is 4.69. The molecular formula is C6H10N2. The summed E-state index contributed by atoms with van der Waals surface area (Å²) in [5.41, 5.74) is 0. The largest absolute Gasteiger partial charge is 0.324 e. The molecule has 0 radical (unpaired) electrons. The fourth-order valence-corrected chi connectivity index (χ4v) is 0.391. The Kier molecular flexibility index (Phi) is 5.30. The van der Waals surface area contributed by atoms with Crippen LogP contribution in [0.3, 0.4) is 0 Å². The second-order valence-corrected chi connectivity index (χ2v) is 1.47. The van der Waals surface area contributed by atoms with E-state index in [1.54, 1.807) is 0 Å². The van der Waals surface area contributed by atoms with E-state index in [1.807, 2.05) is 12.3 Å². The lowest BCUT2D eigenvalue weighted by Crippen LogP contribution is -2.05. The quantitative estimate of drug-likeness (QED) is 0.254. The Hall–Kier alpha value is -0.970. The van der Waals surface area contributed by atoms with E-state index in [0.29, 0.717) is 0 Å². The summed E-state index contributed by atoms with van der Waals surface area (Å²) in [7, 11) is 0. The van der Waals surface area contributed by atoms with Crippen LogP contribution in [-0.2, 0) is 0 Å². The van der Waals surface area contributed by atoms with Gasteiger partial charge in [0.1, 0.15) is 0 Å². The predicted octanol–water partition coefficient (Wildman–Crippen LogP) is 1.02. The zero-order valence-electron chi connectivity index (χ0n) is 4.85. The average Bonchev–Trinajstić information content (AvgIpc) is 1.81. The van der Waals surface area contributed by atoms with Crippen LogP contribution in [0.15, 0.2) is 12.7 Å². The Balaban J connectivity index is 2.74. The van der Waals surface area contributed by atoms with Crippen LogP contribution in [-0.4, -0.2) is 6.54 Å². The molecule has 0 spiro atoms. The number of hydrogen-bond acceptors (Lipinski definition) is 2. The monoisotopic (exact) mass is 110 g/mol. The molecule has 0 unspecified atom stereocenters. The molecule has 0 fully saturated rings. The zero-order valence-corrected chi connectivity index (χ0v) is 4.85. The van der Waals surface area contributed by atoms with Gasteiger partial charge in [0, 0.05) is 6.54 Å². The van der Waals surface area contributed by atoms with Crippen LogP contribution >= 0.6 is 0 Å². The van der Waals surface area contributed by atoms with Gasteiger partial charge in [-0.1, -0.05) is 6.08 Å². The first-order valence-corrected chi connectivity index (χ1v) is 2.64. The number of nitrogens with one attached hydrogen (secondary N) is 1. The molecule has 2 nitrogen and oxygen atoms in total. The Bertz CT molecular complexity index is 91.2. The molecule has 0 aliphatic heterocycles. The van der Waals surface area contributed by atoms with E-state index < -0.39 is 0 Å². The van der Waals surface area contributed by atoms with E-state index >= 15 is 0 Å². The molecule has 0 aliphatic rings. The maximum atomic E-state index is 7.98. The van der Waals surface area contributed by atoms with E-state index in [0.717, 1.165) is 19.4 Å². The highest BCUT2D eigenvalue weighted by Gasteiger charge is 1.78. The van der Waals surface area contributed by atoms with Crippen molar-refractivity contribution in [1.29, 1.82) is 5.26 Å². The topological polar surface area (TPSA) is 35.8 Å². The van der Waals surface area contributed by atoms with Crippen molar-refractivity contribution in [3.8, 4) is 6.19 Å². The zero-order chi connectivity index (χ0) is 6.24. The van der Waals surface area contributed by atoms with Gasteiger partial charge in [-0.25, -0.2) is 0 Å². The van der Waals surface area contributed by atoms with Gasteiger partial charge >= 0.3 is 0 Å². The minimum atomic E-state index is 0.766. The summed E-state index contributed by atoms with van der Waals surface area (Å²) < 4.78 is 0. The van der Waals surface area contributed by atoms with Gasteiger partial charge in [0.25, 0.3) is 0 Å². The van der Waals surface area contributed by atoms with Crippen LogP contribution in [0.4, 0.5) is 0 Å². The Labute approximate surface area is 49.8 Å². The molecule has 0 atom stereocenters. The first kappa shape index (κ1) is 7.03. The van der Waals surface area contributed by atoms with Gasteiger partial charge < -0.3 is 5.32 Å². The minimum absolute atomic E-state index is 0.766. The predicted molar refractivity (Wildman–Crippen MR) is 33.0 cm³/mol. The van der Waals surface area contributed by atoms with Gasteiger partial charge in [0.2, 0.25) is 0 Å². The third-order valence-electron chi connectivity index (χ3n) is 0.789. The number of rotatable bonds is 4. The lowest BCUT2D eigenvalue weighted by molar-refractivity contribution is 0.774. The Morgan fingerprint density at radius 2 is 2.50 bits per heavy atom. The van der Waals surface area contributed by atoms with Crippen molar-refractivity contribution < 1.29 is 0 Å². The summed E-state index contributed by atoms with van der Waals surface area (Å²) >= 11 is 0. The number of hydrogen-bond donors (Lipinski definition) is 1. The molecule has 0 aromatic heterocycles. The standard InChI is InChI=1S/C6H10N2/c1-2-3-4-5-8-6-7/h2,8H,1,3-5H2. The molecule has 0 saturated heterocycles. The second-order valence-electron chi connectivity index (χ2n) is 1.47. The van der Waals surface area contributed by atoms with E-state index in [2.05, 4.69) is 11.9 Å². The van der Waals surface area contributed by atoms with Crippen LogP contribution in [0.25, 0.3) is 0 Å². The summed E-state index contributed by atoms with van der Waals surface area (Å²) in [5, 5.41) is 10.5. The molecule has 0 amide bonds. The van der Waals surface area contributed by atoms with Gasteiger partial charge in [-0.05, 0) is 12.8 Å². The SMILES string of the molecule is C=CCCCNC#N. The summed E-state index contributed by atoms with van der Waals surface area (Å²) in [6.45, 7) is 4.31.